The van der Waals surface area contributed by atoms with E-state index in [1.165, 1.54) is 12.1 Å². The molecule has 1 rings (SSSR count). The summed E-state index contributed by atoms with van der Waals surface area (Å²) in [6.45, 7) is 3.62. The summed E-state index contributed by atoms with van der Waals surface area (Å²) in [4.78, 5) is 11.3. The first-order valence-corrected chi connectivity index (χ1v) is 7.81. The molecule has 1 heterocycles. The van der Waals surface area contributed by atoms with Crippen LogP contribution in [0.3, 0.4) is 0 Å². The van der Waals surface area contributed by atoms with Gasteiger partial charge in [-0.1, -0.05) is 13.8 Å². The Morgan fingerprint density at radius 2 is 2.16 bits per heavy atom. The molecule has 6 nitrogen and oxygen atoms in total. The van der Waals surface area contributed by atoms with Gasteiger partial charge in [0, 0.05) is 0 Å². The van der Waals surface area contributed by atoms with E-state index in [9.17, 15) is 13.2 Å². The molecule has 2 N–H and O–H groups in total. The maximum Gasteiger partial charge on any atom is 0.321 e. The first-order chi connectivity index (χ1) is 8.76. The number of rotatable bonds is 6. The minimum absolute atomic E-state index is 0.0433. The monoisotopic (exact) mass is 302 g/mol. The van der Waals surface area contributed by atoms with Crippen LogP contribution in [0.2, 0.25) is 0 Å². The van der Waals surface area contributed by atoms with Crippen molar-refractivity contribution in [3.05, 3.63) is 17.0 Å². The Morgan fingerprint density at radius 1 is 1.53 bits per heavy atom. The third-order valence-electron chi connectivity index (χ3n) is 2.26. The van der Waals surface area contributed by atoms with Gasteiger partial charge >= 0.3 is 5.97 Å². The molecule has 1 aromatic heterocycles. The van der Waals surface area contributed by atoms with Crippen LogP contribution in [0.5, 0.6) is 0 Å². The van der Waals surface area contributed by atoms with Gasteiger partial charge in [-0.2, -0.15) is 9.98 Å². The highest BCUT2D eigenvalue weighted by Crippen LogP contribution is 2.21. The third-order valence-corrected chi connectivity index (χ3v) is 5.21. The van der Waals surface area contributed by atoms with Gasteiger partial charge in [-0.3, -0.25) is 4.79 Å². The topological polar surface area (TPSA) is 107 Å². The van der Waals surface area contributed by atoms with Crippen molar-refractivity contribution in [2.24, 2.45) is 5.92 Å². The summed E-state index contributed by atoms with van der Waals surface area (Å²) in [7, 11) is -3.90. The van der Waals surface area contributed by atoms with Crippen LogP contribution in [0.15, 0.2) is 16.3 Å². The zero-order valence-corrected chi connectivity index (χ0v) is 12.1. The van der Waals surface area contributed by atoms with E-state index in [-0.39, 0.29) is 21.4 Å². The predicted octanol–water partition coefficient (Wildman–Crippen LogP) is 1.40. The number of hydrogen-bond acceptors (Lipinski definition) is 5. The molecule has 0 unspecified atom stereocenters. The molecule has 0 bridgehead atoms. The summed E-state index contributed by atoms with van der Waals surface area (Å²) >= 11 is 0.808. The highest BCUT2D eigenvalue weighted by molar-refractivity contribution is 7.91. The second-order valence-electron chi connectivity index (χ2n) is 4.37. The van der Waals surface area contributed by atoms with Crippen molar-refractivity contribution < 1.29 is 18.3 Å². The summed E-state index contributed by atoms with van der Waals surface area (Å²) in [5.74, 6) is -1.17. The van der Waals surface area contributed by atoms with Crippen molar-refractivity contribution in [3.63, 3.8) is 0 Å². The van der Waals surface area contributed by atoms with Gasteiger partial charge < -0.3 is 5.11 Å². The molecular weight excluding hydrogens is 288 g/mol. The summed E-state index contributed by atoms with van der Waals surface area (Å²) in [6, 6.07) is 3.35. The molecule has 8 heteroatoms. The Kier molecular flexibility index (Phi) is 5.05. The van der Waals surface area contributed by atoms with Crippen molar-refractivity contribution in [2.75, 3.05) is 0 Å². The fourth-order valence-corrected chi connectivity index (χ4v) is 3.76. The number of nitrogens with one attached hydrogen (secondary N) is 1. The van der Waals surface area contributed by atoms with Crippen LogP contribution in [0.4, 0.5) is 0 Å². The number of carboxylic acids is 1. The first kappa shape index (κ1) is 15.6. The number of thiophene rings is 1. The molecule has 0 aliphatic heterocycles. The minimum Gasteiger partial charge on any atom is -0.480 e. The number of nitrogens with zero attached hydrogens (tertiary/aromatic N) is 1. The van der Waals surface area contributed by atoms with Crippen molar-refractivity contribution >= 4 is 27.3 Å². The normalized spacial score (nSPS) is 13.2. The largest absolute Gasteiger partial charge is 0.480 e. The van der Waals surface area contributed by atoms with Crippen LogP contribution < -0.4 is 4.72 Å². The first-order valence-electron chi connectivity index (χ1n) is 5.51. The molecule has 0 radical (unpaired) electrons. The van der Waals surface area contributed by atoms with Crippen molar-refractivity contribution in [3.8, 4) is 6.07 Å². The average molecular weight is 302 g/mol. The summed E-state index contributed by atoms with van der Waals surface area (Å²) < 4.78 is 26.1. The summed E-state index contributed by atoms with van der Waals surface area (Å²) in [6.07, 6.45) is 0.199. The molecule has 0 aliphatic rings. The minimum atomic E-state index is -3.90. The number of carbonyl (C=O) groups is 1. The van der Waals surface area contributed by atoms with Gasteiger partial charge in [-0.15, -0.1) is 11.3 Å². The quantitative estimate of drug-likeness (QED) is 0.826. The SMILES string of the molecule is CC(C)C[C@H](NS(=O)(=O)c1ccc(C#N)s1)C(=O)O. The molecule has 0 spiro atoms. The van der Waals surface area contributed by atoms with E-state index in [0.717, 1.165) is 11.3 Å². The number of sulfonamides is 1. The molecule has 0 amide bonds. The Balaban J connectivity index is 2.94. The second kappa shape index (κ2) is 6.14. The lowest BCUT2D eigenvalue weighted by molar-refractivity contribution is -0.139. The van der Waals surface area contributed by atoms with Crippen LogP contribution in [-0.2, 0) is 14.8 Å². The zero-order chi connectivity index (χ0) is 14.6. The Bertz CT molecular complexity index is 598. The zero-order valence-electron chi connectivity index (χ0n) is 10.5. The highest BCUT2D eigenvalue weighted by atomic mass is 32.2. The van der Waals surface area contributed by atoms with Crippen LogP contribution in [0.25, 0.3) is 0 Å². The lowest BCUT2D eigenvalue weighted by Gasteiger charge is -2.15. The Hall–Kier alpha value is -1.43. The van der Waals surface area contributed by atoms with Gasteiger partial charge in [0.05, 0.1) is 0 Å². The van der Waals surface area contributed by atoms with Gasteiger partial charge in [0.25, 0.3) is 10.0 Å². The van der Waals surface area contributed by atoms with Crippen LogP contribution in [-0.4, -0.2) is 25.5 Å². The summed E-state index contributed by atoms with van der Waals surface area (Å²) in [5, 5.41) is 17.7. The van der Waals surface area contributed by atoms with Crippen molar-refractivity contribution in [1.29, 1.82) is 5.26 Å². The van der Waals surface area contributed by atoms with Gasteiger partial charge in [0.1, 0.15) is 21.2 Å². The molecule has 1 atom stereocenters. The van der Waals surface area contributed by atoms with E-state index in [1.54, 1.807) is 0 Å². The van der Waals surface area contributed by atoms with E-state index in [4.69, 9.17) is 10.4 Å². The number of hydrogen-bond donors (Lipinski definition) is 2. The standard InChI is InChI=1S/C11H14N2O4S2/c1-7(2)5-9(11(14)15)13-19(16,17)10-4-3-8(6-12)18-10/h3-4,7,9,13H,5H2,1-2H3,(H,14,15)/t9-/m0/s1. The van der Waals surface area contributed by atoms with Gasteiger partial charge in [0.15, 0.2) is 0 Å². The van der Waals surface area contributed by atoms with Gasteiger partial charge in [0.2, 0.25) is 0 Å². The number of nitriles is 1. The molecule has 19 heavy (non-hydrogen) atoms. The maximum atomic E-state index is 12.0. The van der Waals surface area contributed by atoms with Crippen LogP contribution in [0.1, 0.15) is 25.1 Å². The van der Waals surface area contributed by atoms with Crippen molar-refractivity contribution in [1.82, 2.24) is 4.72 Å². The summed E-state index contributed by atoms with van der Waals surface area (Å²) in [5.41, 5.74) is 0. The predicted molar refractivity (Wildman–Crippen MR) is 70.2 cm³/mol. The fourth-order valence-electron chi connectivity index (χ4n) is 1.44. The molecule has 1 aromatic rings. The number of carboxylic acid groups (broad SMARTS) is 1. The van der Waals surface area contributed by atoms with E-state index < -0.39 is 22.0 Å². The molecule has 0 aliphatic carbocycles. The molecule has 0 saturated heterocycles. The average Bonchev–Trinajstić information content (AvgIpc) is 2.76. The van der Waals surface area contributed by atoms with E-state index >= 15 is 0 Å². The van der Waals surface area contributed by atoms with Crippen molar-refractivity contribution in [2.45, 2.75) is 30.5 Å². The van der Waals surface area contributed by atoms with Gasteiger partial charge in [-0.05, 0) is 24.5 Å². The molecule has 104 valence electrons. The fraction of sp³-hybridized carbons (Fsp3) is 0.455. The van der Waals surface area contributed by atoms with E-state index in [0.29, 0.717) is 0 Å². The Labute approximate surface area is 115 Å². The van der Waals surface area contributed by atoms with E-state index in [2.05, 4.69) is 4.72 Å². The van der Waals surface area contributed by atoms with Crippen LogP contribution >= 0.6 is 11.3 Å². The second-order valence-corrected chi connectivity index (χ2v) is 7.40. The smallest absolute Gasteiger partial charge is 0.321 e. The Morgan fingerprint density at radius 3 is 2.58 bits per heavy atom. The van der Waals surface area contributed by atoms with Gasteiger partial charge in [-0.25, -0.2) is 8.42 Å². The molecule has 0 saturated carbocycles. The molecule has 0 aromatic carbocycles. The van der Waals surface area contributed by atoms with Crippen LogP contribution in [0, 0.1) is 17.2 Å². The maximum absolute atomic E-state index is 12.0. The number of aliphatic carboxylic acids is 1. The van der Waals surface area contributed by atoms with E-state index in [1.807, 2.05) is 19.9 Å². The highest BCUT2D eigenvalue weighted by Gasteiger charge is 2.27. The molecular formula is C11H14N2O4S2. The molecule has 0 fully saturated rings. The third kappa shape index (κ3) is 4.31. The lowest BCUT2D eigenvalue weighted by Crippen LogP contribution is -2.41. The lowest BCUT2D eigenvalue weighted by atomic mass is 10.1.